The Morgan fingerprint density at radius 1 is 0.833 bits per heavy atom. The zero-order chi connectivity index (χ0) is 13.3. The summed E-state index contributed by atoms with van der Waals surface area (Å²) in [6.07, 6.45) is 0. The predicted octanol–water partition coefficient (Wildman–Crippen LogP) is 6.74. The third-order valence-electron chi connectivity index (χ3n) is 2.47. The molecular weight excluding hydrogens is 378 g/mol. The van der Waals surface area contributed by atoms with Crippen LogP contribution in [0, 0.1) is 0 Å². The molecule has 2 rings (SSSR count). The minimum absolute atomic E-state index is 0.434. The van der Waals surface area contributed by atoms with Gasteiger partial charge in [-0.2, -0.15) is 0 Å². The highest BCUT2D eigenvalue weighted by Crippen LogP contribution is 2.38. The molecule has 0 radical (unpaired) electrons. The minimum atomic E-state index is -0.434. The van der Waals surface area contributed by atoms with Crippen LogP contribution in [0.3, 0.4) is 0 Å². The van der Waals surface area contributed by atoms with Crippen LogP contribution in [-0.4, -0.2) is 0 Å². The summed E-state index contributed by atoms with van der Waals surface area (Å²) in [5, 5.41) is 1.31. The molecule has 1 unspecified atom stereocenters. The molecule has 0 saturated carbocycles. The van der Waals surface area contributed by atoms with Gasteiger partial charge in [-0.25, -0.2) is 0 Å². The number of alkyl halides is 1. The van der Waals surface area contributed by atoms with E-state index in [1.807, 2.05) is 12.1 Å². The van der Waals surface area contributed by atoms with Gasteiger partial charge in [-0.15, -0.1) is 11.6 Å². The van der Waals surface area contributed by atoms with Gasteiger partial charge in [-0.1, -0.05) is 56.8 Å². The Labute approximate surface area is 134 Å². The first-order valence-corrected chi connectivity index (χ1v) is 7.39. The van der Waals surface area contributed by atoms with Crippen LogP contribution in [0.2, 0.25) is 15.1 Å². The van der Waals surface area contributed by atoms with Crippen molar-refractivity contribution in [3.63, 3.8) is 0 Å². The van der Waals surface area contributed by atoms with Gasteiger partial charge in [0, 0.05) is 19.5 Å². The molecule has 0 fully saturated rings. The van der Waals surface area contributed by atoms with E-state index in [-0.39, 0.29) is 0 Å². The number of rotatable bonds is 2. The smallest absolute Gasteiger partial charge is 0.0864 e. The third kappa shape index (κ3) is 3.15. The van der Waals surface area contributed by atoms with Crippen molar-refractivity contribution < 1.29 is 0 Å². The van der Waals surface area contributed by atoms with E-state index in [1.54, 1.807) is 24.3 Å². The SMILES string of the molecule is Clc1ccc(Cl)c(C(Cl)c2ccc(Br)cc2Cl)c1. The zero-order valence-electron chi connectivity index (χ0n) is 8.93. The molecule has 0 amide bonds. The second-order valence-corrected chi connectivity index (χ2v) is 6.30. The van der Waals surface area contributed by atoms with Gasteiger partial charge in [0.1, 0.15) is 0 Å². The molecule has 0 heterocycles. The van der Waals surface area contributed by atoms with E-state index in [0.29, 0.717) is 15.1 Å². The largest absolute Gasteiger partial charge is 0.112 e. The summed E-state index contributed by atoms with van der Waals surface area (Å²) in [7, 11) is 0. The maximum Gasteiger partial charge on any atom is 0.0864 e. The second-order valence-electron chi connectivity index (χ2n) is 3.69. The van der Waals surface area contributed by atoms with E-state index in [2.05, 4.69) is 15.9 Å². The van der Waals surface area contributed by atoms with Gasteiger partial charge in [0.25, 0.3) is 0 Å². The predicted molar refractivity (Wildman–Crippen MR) is 83.3 cm³/mol. The first-order chi connectivity index (χ1) is 8.49. The van der Waals surface area contributed by atoms with Crippen molar-refractivity contribution in [3.05, 3.63) is 67.1 Å². The van der Waals surface area contributed by atoms with E-state index in [9.17, 15) is 0 Å². The normalized spacial score (nSPS) is 12.5. The fourth-order valence-corrected chi connectivity index (χ4v) is 3.26. The quantitative estimate of drug-likeness (QED) is 0.503. The number of benzene rings is 2. The lowest BCUT2D eigenvalue weighted by Gasteiger charge is -2.14. The highest BCUT2D eigenvalue weighted by atomic mass is 79.9. The molecule has 18 heavy (non-hydrogen) atoms. The Morgan fingerprint density at radius 2 is 1.56 bits per heavy atom. The molecular formula is C13H7BrCl4. The summed E-state index contributed by atoms with van der Waals surface area (Å²) < 4.78 is 0.900. The van der Waals surface area contributed by atoms with Gasteiger partial charge >= 0.3 is 0 Å². The molecule has 2 aromatic carbocycles. The van der Waals surface area contributed by atoms with Gasteiger partial charge in [-0.05, 0) is 41.5 Å². The van der Waals surface area contributed by atoms with E-state index in [1.165, 1.54) is 0 Å². The molecule has 94 valence electrons. The average molecular weight is 385 g/mol. The molecule has 0 N–H and O–H groups in total. The Bertz CT molecular complexity index is 583. The van der Waals surface area contributed by atoms with E-state index < -0.39 is 5.38 Å². The first-order valence-electron chi connectivity index (χ1n) is 5.03. The lowest BCUT2D eigenvalue weighted by molar-refractivity contribution is 1.14. The molecule has 0 saturated heterocycles. The fourth-order valence-electron chi connectivity index (χ4n) is 1.58. The average Bonchev–Trinajstić information content (AvgIpc) is 2.31. The molecule has 0 aliphatic rings. The van der Waals surface area contributed by atoms with Crippen molar-refractivity contribution in [1.82, 2.24) is 0 Å². The van der Waals surface area contributed by atoms with Crippen molar-refractivity contribution >= 4 is 62.3 Å². The standard InChI is InChI=1S/C13H7BrCl4/c14-7-1-3-9(12(17)5-7)13(18)10-6-8(15)2-4-11(10)16/h1-6,13H. The summed E-state index contributed by atoms with van der Waals surface area (Å²) in [6.45, 7) is 0. The van der Waals surface area contributed by atoms with Crippen LogP contribution in [0.4, 0.5) is 0 Å². The maximum atomic E-state index is 6.42. The molecule has 0 aliphatic carbocycles. The summed E-state index contributed by atoms with van der Waals surface area (Å²) in [6, 6.07) is 10.7. The second kappa shape index (κ2) is 6.02. The summed E-state index contributed by atoms with van der Waals surface area (Å²) >= 11 is 28.0. The van der Waals surface area contributed by atoms with Gasteiger partial charge in [0.15, 0.2) is 0 Å². The van der Waals surface area contributed by atoms with Gasteiger partial charge in [0.2, 0.25) is 0 Å². The highest BCUT2D eigenvalue weighted by Gasteiger charge is 2.17. The van der Waals surface area contributed by atoms with Crippen LogP contribution in [0.5, 0.6) is 0 Å². The van der Waals surface area contributed by atoms with Gasteiger partial charge in [0.05, 0.1) is 5.38 Å². The molecule has 1 atom stereocenters. The van der Waals surface area contributed by atoms with E-state index >= 15 is 0 Å². The van der Waals surface area contributed by atoms with Crippen molar-refractivity contribution in [2.75, 3.05) is 0 Å². The van der Waals surface area contributed by atoms with Crippen LogP contribution in [-0.2, 0) is 0 Å². The van der Waals surface area contributed by atoms with Crippen LogP contribution >= 0.6 is 62.3 Å². The van der Waals surface area contributed by atoms with Crippen molar-refractivity contribution in [3.8, 4) is 0 Å². The Kier molecular flexibility index (Phi) is 4.85. The van der Waals surface area contributed by atoms with Crippen molar-refractivity contribution in [2.45, 2.75) is 5.38 Å². The van der Waals surface area contributed by atoms with Crippen molar-refractivity contribution in [1.29, 1.82) is 0 Å². The minimum Gasteiger partial charge on any atom is -0.112 e. The zero-order valence-corrected chi connectivity index (χ0v) is 13.5. The van der Waals surface area contributed by atoms with Gasteiger partial charge in [-0.3, -0.25) is 0 Å². The molecule has 0 bridgehead atoms. The van der Waals surface area contributed by atoms with Crippen molar-refractivity contribution in [2.24, 2.45) is 0 Å². The van der Waals surface area contributed by atoms with Crippen LogP contribution in [0.25, 0.3) is 0 Å². The topological polar surface area (TPSA) is 0 Å². The Balaban J connectivity index is 2.47. The fraction of sp³-hybridized carbons (Fsp3) is 0.0769. The van der Waals surface area contributed by atoms with Crippen LogP contribution in [0.1, 0.15) is 16.5 Å². The molecule has 0 spiro atoms. The Morgan fingerprint density at radius 3 is 2.22 bits per heavy atom. The first kappa shape index (κ1) is 14.5. The van der Waals surface area contributed by atoms with E-state index in [0.717, 1.165) is 15.6 Å². The summed E-state index contributed by atoms with van der Waals surface area (Å²) in [5.41, 5.74) is 1.54. The van der Waals surface area contributed by atoms with Gasteiger partial charge < -0.3 is 0 Å². The third-order valence-corrected chi connectivity index (χ3v) is 4.34. The molecule has 0 aromatic heterocycles. The monoisotopic (exact) mass is 382 g/mol. The molecule has 5 heteroatoms. The number of hydrogen-bond acceptors (Lipinski definition) is 0. The van der Waals surface area contributed by atoms with E-state index in [4.69, 9.17) is 46.4 Å². The lowest BCUT2D eigenvalue weighted by atomic mass is 10.0. The maximum absolute atomic E-state index is 6.42. The lowest BCUT2D eigenvalue weighted by Crippen LogP contribution is -1.95. The Hall–Kier alpha value is 0.0800. The molecule has 2 aromatic rings. The molecule has 0 nitrogen and oxygen atoms in total. The highest BCUT2D eigenvalue weighted by molar-refractivity contribution is 9.10. The summed E-state index contributed by atoms with van der Waals surface area (Å²) in [4.78, 5) is 0. The van der Waals surface area contributed by atoms with Crippen LogP contribution in [0.15, 0.2) is 40.9 Å². The summed E-state index contributed by atoms with van der Waals surface area (Å²) in [5.74, 6) is 0. The molecule has 0 aliphatic heterocycles. The van der Waals surface area contributed by atoms with Crippen LogP contribution < -0.4 is 0 Å². The number of halogens is 5. The number of hydrogen-bond donors (Lipinski definition) is 0.